The average molecular weight is 549 g/mol. The molecule has 1 aliphatic heterocycles. The molecule has 1 saturated heterocycles. The summed E-state index contributed by atoms with van der Waals surface area (Å²) in [7, 11) is -3.72. The van der Waals surface area contributed by atoms with Crippen molar-refractivity contribution in [3.8, 4) is 17.7 Å². The third-order valence-electron chi connectivity index (χ3n) is 6.61. The number of nitrogens with two attached hydrogens (primary N) is 1. The Morgan fingerprint density at radius 2 is 1.89 bits per heavy atom. The molecule has 4 aromatic rings. The van der Waals surface area contributed by atoms with Crippen LogP contribution in [0.4, 0.5) is 5.95 Å². The highest BCUT2D eigenvalue weighted by Gasteiger charge is 2.22. The van der Waals surface area contributed by atoms with Crippen LogP contribution < -0.4 is 15.2 Å². The van der Waals surface area contributed by atoms with Gasteiger partial charge in [0.2, 0.25) is 21.9 Å². The zero-order valence-corrected chi connectivity index (χ0v) is 22.8. The van der Waals surface area contributed by atoms with Crippen molar-refractivity contribution in [3.63, 3.8) is 0 Å². The lowest BCUT2D eigenvalue weighted by Crippen LogP contribution is -2.39. The van der Waals surface area contributed by atoms with Crippen LogP contribution in [0.1, 0.15) is 35.1 Å². The van der Waals surface area contributed by atoms with Crippen LogP contribution in [0, 0.1) is 25.2 Å². The zero-order chi connectivity index (χ0) is 26.9. The molecule has 0 aliphatic carbocycles. The molecule has 0 bridgehead atoms. The number of anilines is 1. The van der Waals surface area contributed by atoms with Crippen molar-refractivity contribution >= 4 is 37.5 Å². The van der Waals surface area contributed by atoms with Crippen molar-refractivity contribution in [1.82, 2.24) is 14.9 Å². The Morgan fingerprint density at radius 1 is 1.16 bits per heavy atom. The Labute approximate surface area is 226 Å². The molecule has 1 fully saturated rings. The van der Waals surface area contributed by atoms with Crippen LogP contribution in [-0.4, -0.2) is 42.4 Å². The van der Waals surface area contributed by atoms with Crippen LogP contribution >= 0.6 is 11.3 Å². The smallest absolute Gasteiger partial charge is 0.242 e. The number of hydrogen-bond acceptors (Lipinski definition) is 9. The van der Waals surface area contributed by atoms with Gasteiger partial charge in [0.05, 0.1) is 22.0 Å². The Balaban J connectivity index is 1.27. The first kappa shape index (κ1) is 26.1. The fourth-order valence-corrected chi connectivity index (χ4v) is 6.08. The van der Waals surface area contributed by atoms with E-state index < -0.39 is 10.0 Å². The van der Waals surface area contributed by atoms with Gasteiger partial charge in [-0.25, -0.2) is 18.5 Å². The normalized spacial score (nSPS) is 14.9. The summed E-state index contributed by atoms with van der Waals surface area (Å²) in [5.41, 5.74) is 4.09. The van der Waals surface area contributed by atoms with Gasteiger partial charge in [0.25, 0.3) is 0 Å². The van der Waals surface area contributed by atoms with E-state index in [1.54, 1.807) is 12.1 Å². The number of rotatable bonds is 7. The first-order valence-corrected chi connectivity index (χ1v) is 14.7. The highest BCUT2D eigenvalue weighted by Crippen LogP contribution is 2.36. The molecule has 0 atom stereocenters. The van der Waals surface area contributed by atoms with E-state index in [0.717, 1.165) is 52.8 Å². The van der Waals surface area contributed by atoms with E-state index in [-0.39, 0.29) is 10.9 Å². The highest BCUT2D eigenvalue weighted by molar-refractivity contribution is 7.89. The van der Waals surface area contributed by atoms with Crippen molar-refractivity contribution in [2.24, 2.45) is 5.14 Å². The lowest BCUT2D eigenvalue weighted by Gasteiger charge is -2.32. The monoisotopic (exact) mass is 548 g/mol. The number of piperidine rings is 1. The number of ether oxygens (including phenoxy) is 1. The number of sulfonamides is 1. The van der Waals surface area contributed by atoms with Gasteiger partial charge in [0.15, 0.2) is 0 Å². The second kappa shape index (κ2) is 10.7. The Bertz CT molecular complexity index is 1610. The first-order chi connectivity index (χ1) is 18.2. The summed E-state index contributed by atoms with van der Waals surface area (Å²) in [6.07, 6.45) is 1.79. The summed E-state index contributed by atoms with van der Waals surface area (Å²) in [4.78, 5) is 11.9. The van der Waals surface area contributed by atoms with Crippen LogP contribution in [0.25, 0.3) is 10.2 Å². The predicted molar refractivity (Wildman–Crippen MR) is 148 cm³/mol. The van der Waals surface area contributed by atoms with Gasteiger partial charge in [-0.05, 0) is 79.1 Å². The average Bonchev–Trinajstić information content (AvgIpc) is 3.36. The number of primary sulfonamides is 1. The number of thiophene rings is 1. The van der Waals surface area contributed by atoms with Crippen molar-refractivity contribution in [3.05, 3.63) is 70.1 Å². The van der Waals surface area contributed by atoms with Crippen molar-refractivity contribution < 1.29 is 13.2 Å². The van der Waals surface area contributed by atoms with Gasteiger partial charge in [0.1, 0.15) is 10.4 Å². The van der Waals surface area contributed by atoms with Gasteiger partial charge in [-0.3, -0.25) is 4.90 Å². The molecule has 0 spiro atoms. The number of aryl methyl sites for hydroxylation is 2. The lowest BCUT2D eigenvalue weighted by atomic mass is 10.0. The van der Waals surface area contributed by atoms with Crippen molar-refractivity contribution in [2.75, 3.05) is 18.4 Å². The largest absolute Gasteiger partial charge is 0.437 e. The molecule has 196 valence electrons. The molecule has 11 heteroatoms. The molecule has 2 aromatic heterocycles. The molecule has 0 saturated carbocycles. The van der Waals surface area contributed by atoms with E-state index in [1.807, 2.05) is 43.5 Å². The van der Waals surface area contributed by atoms with Crippen molar-refractivity contribution in [2.45, 2.75) is 44.2 Å². The van der Waals surface area contributed by atoms with Gasteiger partial charge >= 0.3 is 0 Å². The lowest BCUT2D eigenvalue weighted by molar-refractivity contribution is 0.211. The summed E-state index contributed by atoms with van der Waals surface area (Å²) >= 11 is 1.53. The van der Waals surface area contributed by atoms with E-state index in [0.29, 0.717) is 29.7 Å². The summed E-state index contributed by atoms with van der Waals surface area (Å²) in [5.74, 6) is 1.72. The quantitative estimate of drug-likeness (QED) is 0.340. The van der Waals surface area contributed by atoms with E-state index in [9.17, 15) is 13.7 Å². The van der Waals surface area contributed by atoms with E-state index >= 15 is 0 Å². The first-order valence-electron chi connectivity index (χ1n) is 12.2. The fourth-order valence-electron chi connectivity index (χ4n) is 4.74. The van der Waals surface area contributed by atoms with E-state index in [1.165, 1.54) is 17.4 Å². The molecule has 3 N–H and O–H groups in total. The summed E-state index contributed by atoms with van der Waals surface area (Å²) in [5, 5.41) is 20.0. The molecule has 0 unspecified atom stereocenters. The standard InChI is InChI=1S/C27H28N6O3S2/c1-17-12-20(15-28)13-18(2)24(17)36-26-25-23(8-11-37-25)31-27(32-26)30-21-6-9-33(10-7-21)16-19-4-3-5-22(14-19)38(29,34)35/h3-5,8,11-14,21H,6-7,9-10,16H2,1-2H3,(H2,29,34,35)(H,30,31,32). The number of hydrogen-bond donors (Lipinski definition) is 2. The summed E-state index contributed by atoms with van der Waals surface area (Å²) in [6.45, 7) is 6.22. The second-order valence-electron chi connectivity index (χ2n) is 9.53. The van der Waals surface area contributed by atoms with Crippen LogP contribution in [0.3, 0.4) is 0 Å². The minimum Gasteiger partial charge on any atom is -0.437 e. The SMILES string of the molecule is Cc1cc(C#N)cc(C)c1Oc1nc(NC2CCN(Cc3cccc(S(N)(=O)=O)c3)CC2)nc2ccsc12. The minimum absolute atomic E-state index is 0.136. The number of aromatic nitrogens is 2. The highest BCUT2D eigenvalue weighted by atomic mass is 32.2. The van der Waals surface area contributed by atoms with Gasteiger partial charge < -0.3 is 10.1 Å². The van der Waals surface area contributed by atoms with Crippen LogP contribution in [-0.2, 0) is 16.6 Å². The molecular weight excluding hydrogens is 520 g/mol. The van der Waals surface area contributed by atoms with Gasteiger partial charge in [0, 0.05) is 25.7 Å². The number of nitriles is 1. The number of benzene rings is 2. The summed E-state index contributed by atoms with van der Waals surface area (Å²) in [6, 6.07) is 14.8. The van der Waals surface area contributed by atoms with E-state index in [2.05, 4.69) is 16.3 Å². The van der Waals surface area contributed by atoms with Crippen LogP contribution in [0.2, 0.25) is 0 Å². The molecule has 9 nitrogen and oxygen atoms in total. The van der Waals surface area contributed by atoms with Gasteiger partial charge in [-0.1, -0.05) is 12.1 Å². The zero-order valence-electron chi connectivity index (χ0n) is 21.1. The Kier molecular flexibility index (Phi) is 7.32. The number of nitrogens with one attached hydrogen (secondary N) is 1. The molecule has 5 rings (SSSR count). The van der Waals surface area contributed by atoms with Gasteiger partial charge in [-0.2, -0.15) is 10.2 Å². The van der Waals surface area contributed by atoms with Gasteiger partial charge in [-0.15, -0.1) is 11.3 Å². The molecule has 0 radical (unpaired) electrons. The topological polar surface area (TPSA) is 134 Å². The number of nitrogens with zero attached hydrogens (tertiary/aromatic N) is 4. The molecule has 3 heterocycles. The van der Waals surface area contributed by atoms with Crippen LogP contribution in [0.5, 0.6) is 11.6 Å². The molecule has 1 aliphatic rings. The Hall–Kier alpha value is -3.56. The number of likely N-dealkylation sites (tertiary alicyclic amines) is 1. The third kappa shape index (κ3) is 5.79. The predicted octanol–water partition coefficient (Wildman–Crippen LogP) is 4.70. The Morgan fingerprint density at radius 3 is 2.58 bits per heavy atom. The molecule has 2 aromatic carbocycles. The molecule has 38 heavy (non-hydrogen) atoms. The molecular formula is C27H28N6O3S2. The second-order valence-corrected chi connectivity index (χ2v) is 12.0. The maximum Gasteiger partial charge on any atom is 0.242 e. The number of fused-ring (bicyclic) bond motifs is 1. The van der Waals surface area contributed by atoms with Crippen LogP contribution in [0.15, 0.2) is 52.7 Å². The summed E-state index contributed by atoms with van der Waals surface area (Å²) < 4.78 is 30.5. The maximum absolute atomic E-state index is 11.7. The molecule has 0 amide bonds. The maximum atomic E-state index is 11.7. The minimum atomic E-state index is -3.72. The third-order valence-corrected chi connectivity index (χ3v) is 8.42. The fraction of sp³-hybridized carbons (Fsp3) is 0.296. The van der Waals surface area contributed by atoms with Crippen molar-refractivity contribution in [1.29, 1.82) is 5.26 Å². The van der Waals surface area contributed by atoms with E-state index in [4.69, 9.17) is 19.8 Å².